The summed E-state index contributed by atoms with van der Waals surface area (Å²) in [6, 6.07) is 0. The molecule has 0 aromatic rings. The van der Waals surface area contributed by atoms with Crippen LogP contribution >= 0.6 is 0 Å². The molecule has 0 radical (unpaired) electrons. The molecule has 0 fully saturated rings. The summed E-state index contributed by atoms with van der Waals surface area (Å²) in [6.45, 7) is 12.7. The maximum atomic E-state index is 11.4. The van der Waals surface area contributed by atoms with Gasteiger partial charge in [-0.3, -0.25) is 0 Å². The van der Waals surface area contributed by atoms with Gasteiger partial charge in [0.15, 0.2) is 0 Å². The predicted octanol–water partition coefficient (Wildman–Crippen LogP) is 4.82. The van der Waals surface area contributed by atoms with Crippen molar-refractivity contribution >= 4 is 5.97 Å². The van der Waals surface area contributed by atoms with Crippen LogP contribution in [0, 0.1) is 5.92 Å². The molecule has 1 unspecified atom stereocenters. The van der Waals surface area contributed by atoms with E-state index in [-0.39, 0.29) is 5.97 Å². The van der Waals surface area contributed by atoms with Crippen LogP contribution in [0.15, 0.2) is 34.9 Å². The van der Waals surface area contributed by atoms with Crippen molar-refractivity contribution in [1.29, 1.82) is 0 Å². The first-order valence-electron chi connectivity index (χ1n) is 7.04. The second kappa shape index (κ2) is 9.60. The van der Waals surface area contributed by atoms with E-state index >= 15 is 0 Å². The molecule has 0 aromatic heterocycles. The van der Waals surface area contributed by atoms with E-state index in [1.165, 1.54) is 5.57 Å². The number of carbonyl (C=O) groups is 1. The van der Waals surface area contributed by atoms with Crippen molar-refractivity contribution in [1.82, 2.24) is 0 Å². The van der Waals surface area contributed by atoms with Crippen LogP contribution in [0.1, 0.15) is 54.4 Å². The van der Waals surface area contributed by atoms with E-state index in [1.807, 2.05) is 20.8 Å². The van der Waals surface area contributed by atoms with Gasteiger partial charge in [0.2, 0.25) is 0 Å². The highest BCUT2D eigenvalue weighted by Crippen LogP contribution is 2.16. The topological polar surface area (TPSA) is 26.3 Å². The Morgan fingerprint density at radius 3 is 2.32 bits per heavy atom. The molecule has 0 saturated carbocycles. The van der Waals surface area contributed by atoms with E-state index in [9.17, 15) is 4.79 Å². The minimum absolute atomic E-state index is 0.259. The molecule has 0 N–H and O–H groups in total. The lowest BCUT2D eigenvalue weighted by molar-refractivity contribution is -0.137. The van der Waals surface area contributed by atoms with Crippen molar-refractivity contribution < 1.29 is 9.53 Å². The maximum Gasteiger partial charge on any atom is 0.331 e. The van der Waals surface area contributed by atoms with Gasteiger partial charge in [-0.2, -0.15) is 0 Å². The first-order valence-corrected chi connectivity index (χ1v) is 7.04. The summed E-state index contributed by atoms with van der Waals surface area (Å²) < 4.78 is 4.91. The number of ether oxygens (including phenoxy) is 1. The van der Waals surface area contributed by atoms with Crippen LogP contribution in [-0.2, 0) is 9.53 Å². The molecule has 0 aliphatic heterocycles. The van der Waals surface area contributed by atoms with Crippen LogP contribution in [0.4, 0.5) is 0 Å². The zero-order valence-electron chi connectivity index (χ0n) is 13.2. The third-order valence-electron chi connectivity index (χ3n) is 2.95. The van der Waals surface area contributed by atoms with Gasteiger partial charge < -0.3 is 4.74 Å². The van der Waals surface area contributed by atoms with E-state index in [1.54, 1.807) is 6.08 Å². The predicted molar refractivity (Wildman–Crippen MR) is 82.0 cm³/mol. The van der Waals surface area contributed by atoms with Crippen molar-refractivity contribution in [3.63, 3.8) is 0 Å². The normalized spacial score (nSPS) is 14.0. The molecule has 1 atom stereocenters. The van der Waals surface area contributed by atoms with Gasteiger partial charge in [-0.05, 0) is 59.0 Å². The summed E-state index contributed by atoms with van der Waals surface area (Å²) in [7, 11) is 0. The van der Waals surface area contributed by atoms with E-state index in [4.69, 9.17) is 4.74 Å². The molecule has 108 valence electrons. The van der Waals surface area contributed by atoms with Crippen LogP contribution in [0.5, 0.6) is 0 Å². The second-order valence-electron chi connectivity index (χ2n) is 5.27. The fourth-order valence-electron chi connectivity index (χ4n) is 1.75. The number of rotatable bonds is 7. The molecule has 0 saturated heterocycles. The van der Waals surface area contributed by atoms with Crippen LogP contribution in [0.25, 0.3) is 0 Å². The first kappa shape index (κ1) is 17.7. The van der Waals surface area contributed by atoms with E-state index < -0.39 is 0 Å². The van der Waals surface area contributed by atoms with Crippen molar-refractivity contribution in [2.45, 2.75) is 54.4 Å². The first-order chi connectivity index (χ1) is 8.86. The van der Waals surface area contributed by atoms with E-state index in [0.29, 0.717) is 12.5 Å². The Kier molecular flexibility index (Phi) is 8.94. The lowest BCUT2D eigenvalue weighted by Crippen LogP contribution is -2.01. The summed E-state index contributed by atoms with van der Waals surface area (Å²) in [5.41, 5.74) is 3.50. The second-order valence-corrected chi connectivity index (χ2v) is 5.27. The average molecular weight is 264 g/mol. The Hall–Kier alpha value is -1.31. The third kappa shape index (κ3) is 9.29. The van der Waals surface area contributed by atoms with Gasteiger partial charge in [0.1, 0.15) is 0 Å². The van der Waals surface area contributed by atoms with Crippen molar-refractivity contribution in [2.75, 3.05) is 6.61 Å². The lowest BCUT2D eigenvalue weighted by atomic mass is 9.99. The standard InChI is InChI=1S/C17H28O2/c1-7-19-17(18)12-16(6)15(5)11-14(4)10-8-9-13(2)3/h9,11-12,14H,7-8,10H2,1-6H3/b15-11+,16-12+. The summed E-state index contributed by atoms with van der Waals surface area (Å²) >= 11 is 0. The van der Waals surface area contributed by atoms with Gasteiger partial charge in [0.25, 0.3) is 0 Å². The van der Waals surface area contributed by atoms with Gasteiger partial charge in [-0.25, -0.2) is 4.79 Å². The Labute approximate surface area is 118 Å². The molecular weight excluding hydrogens is 236 g/mol. The zero-order chi connectivity index (χ0) is 14.8. The average Bonchev–Trinajstić information content (AvgIpc) is 2.28. The van der Waals surface area contributed by atoms with Gasteiger partial charge in [0, 0.05) is 6.08 Å². The van der Waals surface area contributed by atoms with Crippen molar-refractivity contribution in [3.05, 3.63) is 34.9 Å². The van der Waals surface area contributed by atoms with Crippen LogP contribution in [0.3, 0.4) is 0 Å². The molecule has 0 aliphatic rings. The molecular formula is C17H28O2. The van der Waals surface area contributed by atoms with Crippen LogP contribution in [-0.4, -0.2) is 12.6 Å². The van der Waals surface area contributed by atoms with Crippen molar-refractivity contribution in [2.24, 2.45) is 5.92 Å². The highest BCUT2D eigenvalue weighted by atomic mass is 16.5. The molecule has 0 aromatic carbocycles. The summed E-state index contributed by atoms with van der Waals surface area (Å²) in [6.07, 6.45) is 8.30. The Morgan fingerprint density at radius 1 is 1.16 bits per heavy atom. The minimum Gasteiger partial charge on any atom is -0.463 e. The fraction of sp³-hybridized carbons (Fsp3) is 0.588. The monoisotopic (exact) mass is 264 g/mol. The van der Waals surface area contributed by atoms with E-state index in [0.717, 1.165) is 24.0 Å². The largest absolute Gasteiger partial charge is 0.463 e. The minimum atomic E-state index is -0.259. The van der Waals surface area contributed by atoms with Crippen LogP contribution < -0.4 is 0 Å². The molecule has 19 heavy (non-hydrogen) atoms. The van der Waals surface area contributed by atoms with Gasteiger partial charge in [-0.15, -0.1) is 0 Å². The highest BCUT2D eigenvalue weighted by molar-refractivity contribution is 5.83. The van der Waals surface area contributed by atoms with Crippen LogP contribution in [0.2, 0.25) is 0 Å². The molecule has 0 bridgehead atoms. The zero-order valence-corrected chi connectivity index (χ0v) is 13.2. The number of allylic oxidation sites excluding steroid dienone is 5. The van der Waals surface area contributed by atoms with Gasteiger partial charge in [-0.1, -0.05) is 30.2 Å². The van der Waals surface area contributed by atoms with Gasteiger partial charge in [0.05, 0.1) is 6.61 Å². The van der Waals surface area contributed by atoms with Gasteiger partial charge >= 0.3 is 5.97 Å². The lowest BCUT2D eigenvalue weighted by Gasteiger charge is -2.08. The van der Waals surface area contributed by atoms with Crippen molar-refractivity contribution in [3.8, 4) is 0 Å². The molecule has 0 spiro atoms. The molecule has 2 heteroatoms. The number of esters is 1. The highest BCUT2D eigenvalue weighted by Gasteiger charge is 2.02. The summed E-state index contributed by atoms with van der Waals surface area (Å²) in [5.74, 6) is 0.256. The SMILES string of the molecule is CCOC(=O)/C=C(C)/C(C)=C/C(C)CCC=C(C)C. The quantitative estimate of drug-likeness (QED) is 0.285. The third-order valence-corrected chi connectivity index (χ3v) is 2.95. The number of hydrogen-bond acceptors (Lipinski definition) is 2. The Balaban J connectivity index is 4.45. The van der Waals surface area contributed by atoms with E-state index in [2.05, 4.69) is 32.9 Å². The maximum absolute atomic E-state index is 11.4. The number of hydrogen-bond donors (Lipinski definition) is 0. The fourth-order valence-corrected chi connectivity index (χ4v) is 1.75. The molecule has 0 amide bonds. The molecule has 0 aliphatic carbocycles. The number of carbonyl (C=O) groups excluding carboxylic acids is 1. The smallest absolute Gasteiger partial charge is 0.331 e. The Morgan fingerprint density at radius 2 is 1.79 bits per heavy atom. The Bertz CT molecular complexity index is 369. The summed E-state index contributed by atoms with van der Waals surface area (Å²) in [4.78, 5) is 11.4. The molecule has 0 rings (SSSR count). The molecule has 0 heterocycles. The molecule has 2 nitrogen and oxygen atoms in total. The summed E-state index contributed by atoms with van der Waals surface area (Å²) in [5, 5.41) is 0.